The topological polar surface area (TPSA) is 97.1 Å². The minimum absolute atomic E-state index is 0.00764. The van der Waals surface area contributed by atoms with E-state index in [1.807, 2.05) is 13.8 Å². The lowest BCUT2D eigenvalue weighted by Crippen LogP contribution is -2.43. The van der Waals surface area contributed by atoms with Gasteiger partial charge in [-0.2, -0.15) is 0 Å². The van der Waals surface area contributed by atoms with Crippen molar-refractivity contribution in [2.45, 2.75) is 24.8 Å². The highest BCUT2D eigenvalue weighted by atomic mass is 32.2. The van der Waals surface area contributed by atoms with E-state index in [2.05, 4.69) is 15.6 Å². The van der Waals surface area contributed by atoms with Gasteiger partial charge in [0.05, 0.1) is 5.75 Å². The van der Waals surface area contributed by atoms with Crippen LogP contribution in [-0.2, 0) is 4.79 Å². The van der Waals surface area contributed by atoms with Gasteiger partial charge in [-0.1, -0.05) is 0 Å². The highest BCUT2D eigenvalue weighted by Crippen LogP contribution is 2.16. The number of imide groups is 1. The number of thioether (sulfide) groups is 1. The third-order valence-electron chi connectivity index (χ3n) is 1.80. The molecule has 0 aliphatic heterocycles. The molecule has 0 aliphatic carbocycles. The maximum atomic E-state index is 11.4. The van der Waals surface area contributed by atoms with Gasteiger partial charge in [0, 0.05) is 17.1 Å². The van der Waals surface area contributed by atoms with Crippen molar-refractivity contribution in [3.05, 3.63) is 18.3 Å². The molecule has 18 heavy (non-hydrogen) atoms. The Hall–Kier alpha value is -1.76. The molecule has 0 fully saturated rings. The summed E-state index contributed by atoms with van der Waals surface area (Å²) in [5.41, 5.74) is 5.44. The van der Waals surface area contributed by atoms with Gasteiger partial charge in [0.15, 0.2) is 0 Å². The van der Waals surface area contributed by atoms with Gasteiger partial charge in [0.25, 0.3) is 0 Å². The van der Waals surface area contributed by atoms with E-state index in [1.165, 1.54) is 11.8 Å². The average Bonchev–Trinajstić information content (AvgIpc) is 2.27. The Balaban J connectivity index is 2.33. The Kier molecular flexibility index (Phi) is 5.44. The summed E-state index contributed by atoms with van der Waals surface area (Å²) in [4.78, 5) is 27.4. The molecule has 0 radical (unpaired) electrons. The maximum absolute atomic E-state index is 11.4. The van der Waals surface area contributed by atoms with Crippen molar-refractivity contribution in [1.29, 1.82) is 0 Å². The van der Waals surface area contributed by atoms with Gasteiger partial charge in [0.1, 0.15) is 5.82 Å². The molecule has 0 bridgehead atoms. The first kappa shape index (κ1) is 14.3. The first-order valence-corrected chi connectivity index (χ1v) is 6.40. The fourth-order valence-electron chi connectivity index (χ4n) is 1.09. The summed E-state index contributed by atoms with van der Waals surface area (Å²) in [6.07, 6.45) is 1.58. The van der Waals surface area contributed by atoms with Gasteiger partial charge in [-0.05, 0) is 26.0 Å². The third-order valence-corrected chi connectivity index (χ3v) is 2.78. The van der Waals surface area contributed by atoms with Crippen molar-refractivity contribution in [2.24, 2.45) is 0 Å². The molecule has 98 valence electrons. The van der Waals surface area contributed by atoms with Gasteiger partial charge in [-0.25, -0.2) is 9.78 Å². The van der Waals surface area contributed by atoms with Crippen LogP contribution in [0, 0.1) is 0 Å². The van der Waals surface area contributed by atoms with Crippen LogP contribution in [0.1, 0.15) is 13.8 Å². The van der Waals surface area contributed by atoms with Crippen LogP contribution >= 0.6 is 11.8 Å². The predicted molar refractivity (Wildman–Crippen MR) is 71.2 cm³/mol. The summed E-state index contributed by atoms with van der Waals surface area (Å²) in [7, 11) is 0. The summed E-state index contributed by atoms with van der Waals surface area (Å²) < 4.78 is 0. The molecule has 1 aromatic heterocycles. The largest absolute Gasteiger partial charge is 0.384 e. The van der Waals surface area contributed by atoms with Crippen LogP contribution in [0.3, 0.4) is 0 Å². The van der Waals surface area contributed by atoms with Gasteiger partial charge in [-0.15, -0.1) is 11.8 Å². The molecular weight excluding hydrogens is 252 g/mol. The quantitative estimate of drug-likeness (QED) is 0.707. The second-order valence-electron chi connectivity index (χ2n) is 3.88. The van der Waals surface area contributed by atoms with Crippen LogP contribution < -0.4 is 16.4 Å². The summed E-state index contributed by atoms with van der Waals surface area (Å²) in [5.74, 6) is 0.229. The number of amides is 3. The number of nitrogens with zero attached hydrogens (tertiary/aromatic N) is 1. The molecule has 0 saturated heterocycles. The Morgan fingerprint density at radius 3 is 2.72 bits per heavy atom. The lowest BCUT2D eigenvalue weighted by Gasteiger charge is -2.08. The van der Waals surface area contributed by atoms with Crippen LogP contribution in [0.15, 0.2) is 23.2 Å². The Bertz CT molecular complexity index is 420. The number of rotatable bonds is 4. The van der Waals surface area contributed by atoms with Gasteiger partial charge in [-0.3, -0.25) is 10.1 Å². The number of anilines is 1. The summed E-state index contributed by atoms with van der Waals surface area (Å²) in [6, 6.07) is 2.94. The van der Waals surface area contributed by atoms with Crippen LogP contribution in [-0.4, -0.2) is 28.7 Å². The number of aromatic nitrogens is 1. The average molecular weight is 268 g/mol. The molecule has 7 heteroatoms. The van der Waals surface area contributed by atoms with Crippen LogP contribution in [0.2, 0.25) is 0 Å². The van der Waals surface area contributed by atoms with Crippen molar-refractivity contribution < 1.29 is 9.59 Å². The molecule has 1 aromatic rings. The Morgan fingerprint density at radius 1 is 1.44 bits per heavy atom. The third kappa shape index (κ3) is 5.53. The van der Waals surface area contributed by atoms with Gasteiger partial charge in [0.2, 0.25) is 5.91 Å². The molecule has 0 atom stereocenters. The lowest BCUT2D eigenvalue weighted by atomic mass is 10.4. The number of pyridine rings is 1. The zero-order valence-corrected chi connectivity index (χ0v) is 11.1. The lowest BCUT2D eigenvalue weighted by molar-refractivity contribution is -0.117. The number of hydrogen-bond acceptors (Lipinski definition) is 5. The van der Waals surface area contributed by atoms with Crippen LogP contribution in [0.4, 0.5) is 10.6 Å². The second-order valence-corrected chi connectivity index (χ2v) is 4.93. The number of carbonyl (C=O) groups excluding carboxylic acids is 2. The number of hydrogen-bond donors (Lipinski definition) is 3. The number of nitrogen functional groups attached to an aromatic ring is 1. The fraction of sp³-hybridized carbons (Fsp3) is 0.364. The van der Waals surface area contributed by atoms with Crippen LogP contribution in [0.25, 0.3) is 0 Å². The standard InChI is InChI=1S/C11H16N4O2S/c1-7(2)14-11(17)15-10(16)6-18-8-3-4-9(12)13-5-8/h3-5,7H,6H2,1-2H3,(H2,12,13)(H2,14,15,16,17). The highest BCUT2D eigenvalue weighted by Gasteiger charge is 2.08. The molecular formula is C11H16N4O2S. The zero-order valence-electron chi connectivity index (χ0n) is 10.3. The fourth-order valence-corrected chi connectivity index (χ4v) is 1.75. The Labute approximate surface area is 110 Å². The number of carbonyl (C=O) groups is 2. The number of nitrogens with one attached hydrogen (secondary N) is 2. The van der Waals surface area contributed by atoms with E-state index in [-0.39, 0.29) is 17.7 Å². The van der Waals surface area contributed by atoms with Crippen molar-refractivity contribution in [3.8, 4) is 0 Å². The normalized spacial score (nSPS) is 10.2. The molecule has 0 unspecified atom stereocenters. The van der Waals surface area contributed by atoms with E-state index in [0.29, 0.717) is 5.82 Å². The van der Waals surface area contributed by atoms with Gasteiger partial charge >= 0.3 is 6.03 Å². The molecule has 0 saturated carbocycles. The second kappa shape index (κ2) is 6.85. The number of urea groups is 1. The first-order chi connectivity index (χ1) is 8.47. The molecule has 6 nitrogen and oxygen atoms in total. The molecule has 3 amide bonds. The molecule has 0 aromatic carbocycles. The summed E-state index contributed by atoms with van der Waals surface area (Å²) in [5, 5.41) is 4.81. The van der Waals surface area contributed by atoms with Crippen molar-refractivity contribution in [2.75, 3.05) is 11.5 Å². The number of nitrogens with two attached hydrogens (primary N) is 1. The molecule has 0 aliphatic rings. The molecule has 1 rings (SSSR count). The van der Waals surface area contributed by atoms with E-state index in [4.69, 9.17) is 5.73 Å². The van der Waals surface area contributed by atoms with E-state index < -0.39 is 6.03 Å². The predicted octanol–water partition coefficient (Wildman–Crippen LogP) is 0.990. The minimum Gasteiger partial charge on any atom is -0.384 e. The maximum Gasteiger partial charge on any atom is 0.321 e. The van der Waals surface area contributed by atoms with E-state index in [9.17, 15) is 9.59 Å². The van der Waals surface area contributed by atoms with Crippen LogP contribution in [0.5, 0.6) is 0 Å². The van der Waals surface area contributed by atoms with Crippen molar-refractivity contribution in [3.63, 3.8) is 0 Å². The monoisotopic (exact) mass is 268 g/mol. The summed E-state index contributed by atoms with van der Waals surface area (Å²) in [6.45, 7) is 3.64. The summed E-state index contributed by atoms with van der Waals surface area (Å²) >= 11 is 1.29. The smallest absolute Gasteiger partial charge is 0.321 e. The van der Waals surface area contributed by atoms with E-state index in [0.717, 1.165) is 4.90 Å². The highest BCUT2D eigenvalue weighted by molar-refractivity contribution is 8.00. The SMILES string of the molecule is CC(C)NC(=O)NC(=O)CSc1ccc(N)nc1. The molecule has 0 spiro atoms. The van der Waals surface area contributed by atoms with Crippen molar-refractivity contribution >= 4 is 29.5 Å². The Morgan fingerprint density at radius 2 is 2.17 bits per heavy atom. The molecule has 1 heterocycles. The van der Waals surface area contributed by atoms with Gasteiger partial charge < -0.3 is 11.1 Å². The van der Waals surface area contributed by atoms with E-state index >= 15 is 0 Å². The minimum atomic E-state index is -0.481. The zero-order chi connectivity index (χ0) is 13.5. The van der Waals surface area contributed by atoms with E-state index in [1.54, 1.807) is 18.3 Å². The molecule has 4 N–H and O–H groups in total. The van der Waals surface area contributed by atoms with Crippen molar-refractivity contribution in [1.82, 2.24) is 15.6 Å². The first-order valence-electron chi connectivity index (χ1n) is 5.42.